The summed E-state index contributed by atoms with van der Waals surface area (Å²) in [5.74, 6) is -3.58. The van der Waals surface area contributed by atoms with Gasteiger partial charge in [0, 0.05) is 72.1 Å². The lowest BCUT2D eigenvalue weighted by Gasteiger charge is -2.61. The number of anilines is 1. The van der Waals surface area contributed by atoms with E-state index in [1.807, 2.05) is 34.6 Å². The number of imide groups is 2. The summed E-state index contributed by atoms with van der Waals surface area (Å²) in [4.78, 5) is 105. The van der Waals surface area contributed by atoms with Crippen LogP contribution in [0.3, 0.4) is 0 Å². The van der Waals surface area contributed by atoms with E-state index in [9.17, 15) is 48.6 Å². The van der Waals surface area contributed by atoms with E-state index in [2.05, 4.69) is 33.2 Å². The molecule has 21 heteroatoms. The number of Topliss-reactive ketones (excluding diaryl/α,β-unsaturated/α-hetero) is 3. The van der Waals surface area contributed by atoms with Crippen LogP contribution < -0.4 is 16.0 Å². The molecule has 2 saturated carbocycles. The van der Waals surface area contributed by atoms with E-state index in [1.54, 1.807) is 29.9 Å². The van der Waals surface area contributed by atoms with Crippen LogP contribution in [0.1, 0.15) is 133 Å². The number of nitrogens with zero attached hydrogens (tertiary/aromatic N) is 4. The number of carbonyl (C=O) groups excluding carboxylic acids is 8. The first-order valence-electron chi connectivity index (χ1n) is 27.3. The van der Waals surface area contributed by atoms with E-state index in [1.165, 1.54) is 6.07 Å². The molecule has 10 atom stereocenters. The van der Waals surface area contributed by atoms with Gasteiger partial charge in [-0.3, -0.25) is 48.6 Å². The fraction of sp³-hybridized carbons (Fsp3) is 0.679. The number of amides is 5. The van der Waals surface area contributed by atoms with Crippen LogP contribution in [0.15, 0.2) is 35.5 Å². The maximum absolute atomic E-state index is 14.4. The van der Waals surface area contributed by atoms with Crippen molar-refractivity contribution in [2.24, 2.45) is 45.3 Å². The van der Waals surface area contributed by atoms with Crippen molar-refractivity contribution in [1.82, 2.24) is 30.5 Å². The SMILES string of the molecule is C[C@H](CC(=O)C[C@@H](C)[C@H]1C[C@H](O)[C@@]2(C)C3=C(C(=O)C[C@]12C)[C@@]1(C)CCC(=O)C(C)(C)[C@@H]1C[C@@H]3O)C(=O)NCCOCCOCCOCCOCCn1cc(CNc2cccc3c2C(=O)N(C2CCC(=O)NC2=O)C3=O)nn1. The van der Waals surface area contributed by atoms with Gasteiger partial charge < -0.3 is 39.8 Å². The number of ketones is 3. The first kappa shape index (κ1) is 57.6. The second kappa shape index (κ2) is 23.4. The lowest BCUT2D eigenvalue weighted by Crippen LogP contribution is -2.60. The Balaban J connectivity index is 0.652. The van der Waals surface area contributed by atoms with Crippen molar-refractivity contribution in [3.63, 3.8) is 0 Å². The summed E-state index contributed by atoms with van der Waals surface area (Å²) in [7, 11) is 0. The van der Waals surface area contributed by atoms with Gasteiger partial charge in [0.2, 0.25) is 17.7 Å². The largest absolute Gasteiger partial charge is 0.392 e. The topological polar surface area (TPSA) is 284 Å². The van der Waals surface area contributed by atoms with Gasteiger partial charge in [-0.2, -0.15) is 0 Å². The zero-order valence-electron chi connectivity index (χ0n) is 45.6. The minimum absolute atomic E-state index is 0.0226. The number of hydrogen-bond donors (Lipinski definition) is 5. The molecule has 0 radical (unpaired) electrons. The molecule has 77 heavy (non-hydrogen) atoms. The molecule has 5 amide bonds. The standard InChI is InChI=1S/C56H77N7O14/c1-32(37-27-44(68)56(7)48-40(65)28-42-53(3,4)43(67)13-14-54(42,5)47(48)41(66)29-55(37,56)6)25-35(64)26-33(2)49(70)57-15-17-74-19-21-76-23-24-77-22-20-75-18-16-62-31-34(60-61-62)30-58-38-10-8-9-36-46(38)52(73)63(51(36)72)39-11-12-45(69)59-50(39)71/h8-10,31-33,37,39-40,42,44,58,65,68H,11-30H2,1-7H3,(H,57,70)(H,59,69,71)/t32-,33-,37-,39?,40+,42+,44+,54+,55-,56+/m1/s1. The number of hydrogen-bond acceptors (Lipinski definition) is 17. The third-order valence-corrected chi connectivity index (χ3v) is 18.2. The van der Waals surface area contributed by atoms with Gasteiger partial charge in [-0.1, -0.05) is 59.7 Å². The average molecular weight is 1070 g/mol. The molecule has 1 aromatic heterocycles. The van der Waals surface area contributed by atoms with Crippen LogP contribution in [0.4, 0.5) is 5.69 Å². The molecule has 6 aliphatic rings. The predicted molar refractivity (Wildman–Crippen MR) is 277 cm³/mol. The van der Waals surface area contributed by atoms with Gasteiger partial charge in [0.1, 0.15) is 23.3 Å². The zero-order valence-corrected chi connectivity index (χ0v) is 45.6. The molecular formula is C56H77N7O14. The highest BCUT2D eigenvalue weighted by molar-refractivity contribution is 6.25. The number of benzene rings is 1. The van der Waals surface area contributed by atoms with Crippen molar-refractivity contribution in [2.75, 3.05) is 64.7 Å². The van der Waals surface area contributed by atoms with Gasteiger partial charge in [-0.25, -0.2) is 4.68 Å². The second-order valence-electron chi connectivity index (χ2n) is 23.3. The molecule has 1 aromatic carbocycles. The Bertz CT molecular complexity index is 2670. The van der Waals surface area contributed by atoms with Crippen LogP contribution in [-0.4, -0.2) is 155 Å². The molecule has 3 heterocycles. The Kier molecular flexibility index (Phi) is 17.5. The van der Waals surface area contributed by atoms with Crippen molar-refractivity contribution in [1.29, 1.82) is 0 Å². The van der Waals surface area contributed by atoms with Crippen molar-refractivity contribution < 1.29 is 67.5 Å². The van der Waals surface area contributed by atoms with Gasteiger partial charge in [-0.05, 0) is 66.6 Å². The second-order valence-corrected chi connectivity index (χ2v) is 23.3. The molecule has 5 N–H and O–H groups in total. The van der Waals surface area contributed by atoms with E-state index in [4.69, 9.17) is 18.9 Å². The smallest absolute Gasteiger partial charge is 0.264 e. The molecule has 1 unspecified atom stereocenters. The van der Waals surface area contributed by atoms with Gasteiger partial charge in [-0.15, -0.1) is 5.10 Å². The Hall–Kier alpha value is -5.58. The summed E-state index contributed by atoms with van der Waals surface area (Å²) < 4.78 is 24.1. The van der Waals surface area contributed by atoms with Crippen LogP contribution >= 0.6 is 0 Å². The van der Waals surface area contributed by atoms with Gasteiger partial charge >= 0.3 is 0 Å². The van der Waals surface area contributed by atoms with Crippen LogP contribution in [0.25, 0.3) is 0 Å². The summed E-state index contributed by atoms with van der Waals surface area (Å²) in [6.07, 6.45) is 2.18. The number of aliphatic hydroxyl groups is 2. The number of fused-ring (bicyclic) bond motifs is 5. The monoisotopic (exact) mass is 1070 g/mol. The molecule has 2 aliphatic heterocycles. The summed E-state index contributed by atoms with van der Waals surface area (Å²) in [5.41, 5.74) is -0.247. The average Bonchev–Trinajstić information content (AvgIpc) is 4.22. The molecule has 21 nitrogen and oxygen atoms in total. The number of rotatable bonds is 25. The number of aromatic nitrogens is 3. The first-order chi connectivity index (χ1) is 36.5. The zero-order chi connectivity index (χ0) is 55.6. The lowest BCUT2D eigenvalue weighted by molar-refractivity contribution is -0.146. The van der Waals surface area contributed by atoms with Gasteiger partial charge in [0.15, 0.2) is 5.78 Å². The van der Waals surface area contributed by atoms with Crippen LogP contribution in [0.5, 0.6) is 0 Å². The number of piperidine rings is 1. The van der Waals surface area contributed by atoms with Gasteiger partial charge in [0.25, 0.3) is 11.8 Å². The van der Waals surface area contributed by atoms with Crippen LogP contribution in [-0.2, 0) is 60.8 Å². The normalized spacial score (nSPS) is 29.4. The third kappa shape index (κ3) is 11.2. The lowest BCUT2D eigenvalue weighted by atomic mass is 9.42. The minimum atomic E-state index is -1.05. The molecule has 420 valence electrons. The Morgan fingerprint density at radius 2 is 1.53 bits per heavy atom. The number of carbonyl (C=O) groups is 8. The van der Waals surface area contributed by atoms with E-state index < -0.39 is 69.5 Å². The molecule has 2 aromatic rings. The number of ether oxygens (including phenoxy) is 4. The van der Waals surface area contributed by atoms with E-state index in [0.717, 1.165) is 4.90 Å². The van der Waals surface area contributed by atoms with Crippen molar-refractivity contribution in [2.45, 2.75) is 138 Å². The maximum atomic E-state index is 14.4. The summed E-state index contributed by atoms with van der Waals surface area (Å²) >= 11 is 0. The van der Waals surface area contributed by atoms with Crippen LogP contribution in [0, 0.1) is 45.3 Å². The Morgan fingerprint density at radius 1 is 0.857 bits per heavy atom. The molecule has 4 aliphatic carbocycles. The highest BCUT2D eigenvalue weighted by Gasteiger charge is 2.70. The van der Waals surface area contributed by atoms with E-state index >= 15 is 0 Å². The van der Waals surface area contributed by atoms with Crippen LogP contribution in [0.2, 0.25) is 0 Å². The fourth-order valence-electron chi connectivity index (χ4n) is 13.9. The molecule has 3 fully saturated rings. The number of allylic oxidation sites excluding steroid dienone is 1. The molecule has 1 saturated heterocycles. The Morgan fingerprint density at radius 3 is 2.22 bits per heavy atom. The minimum Gasteiger partial charge on any atom is -0.392 e. The maximum Gasteiger partial charge on any atom is 0.264 e. The van der Waals surface area contributed by atoms with Crippen molar-refractivity contribution in [3.8, 4) is 0 Å². The number of nitrogens with one attached hydrogen (secondary N) is 3. The number of aliphatic hydroxyl groups excluding tert-OH is 2. The highest BCUT2D eigenvalue weighted by Crippen LogP contribution is 2.71. The predicted octanol–water partition coefficient (Wildman–Crippen LogP) is 3.53. The Labute approximate surface area is 449 Å². The molecular weight excluding hydrogens is 995 g/mol. The van der Waals surface area contributed by atoms with Gasteiger partial charge in [0.05, 0.1) is 95.5 Å². The van der Waals surface area contributed by atoms with E-state index in [0.29, 0.717) is 101 Å². The summed E-state index contributed by atoms with van der Waals surface area (Å²) in [5, 5.41) is 40.3. The molecule has 0 spiro atoms. The molecule has 8 rings (SSSR count). The highest BCUT2D eigenvalue weighted by atomic mass is 16.6. The summed E-state index contributed by atoms with van der Waals surface area (Å²) in [6, 6.07) is 3.79. The first-order valence-corrected chi connectivity index (χ1v) is 27.3. The third-order valence-electron chi connectivity index (χ3n) is 18.2. The summed E-state index contributed by atoms with van der Waals surface area (Å²) in [6.45, 7) is 17.3. The van der Waals surface area contributed by atoms with Crippen molar-refractivity contribution in [3.05, 3.63) is 52.4 Å². The van der Waals surface area contributed by atoms with Crippen molar-refractivity contribution >= 4 is 52.6 Å². The quantitative estimate of drug-likeness (QED) is 0.0702. The fourth-order valence-corrected chi connectivity index (χ4v) is 13.9. The molecule has 0 bridgehead atoms. The van der Waals surface area contributed by atoms with E-state index in [-0.39, 0.29) is 104 Å².